The first kappa shape index (κ1) is 18.9. The summed E-state index contributed by atoms with van der Waals surface area (Å²) in [6, 6.07) is 16.6. The molecule has 0 spiro atoms. The van der Waals surface area contributed by atoms with Crippen LogP contribution in [-0.2, 0) is 26.1 Å². The van der Waals surface area contributed by atoms with Crippen molar-refractivity contribution >= 4 is 22.1 Å². The van der Waals surface area contributed by atoms with Gasteiger partial charge < -0.3 is 4.74 Å². The summed E-state index contributed by atoms with van der Waals surface area (Å²) in [5, 5.41) is 1.11. The van der Waals surface area contributed by atoms with Crippen molar-refractivity contribution in [2.24, 2.45) is 0 Å². The highest BCUT2D eigenvalue weighted by atomic mass is 32.2. The molecule has 0 amide bonds. The normalized spacial score (nSPS) is 11.8. The van der Waals surface area contributed by atoms with Crippen molar-refractivity contribution in [3.8, 4) is 0 Å². The van der Waals surface area contributed by atoms with Crippen LogP contribution in [0.25, 0.3) is 6.08 Å². The lowest BCUT2D eigenvalue weighted by Crippen LogP contribution is -2.34. The molecule has 0 heterocycles. The van der Waals surface area contributed by atoms with Crippen molar-refractivity contribution < 1.29 is 17.9 Å². The van der Waals surface area contributed by atoms with Gasteiger partial charge in [-0.2, -0.15) is 4.31 Å². The van der Waals surface area contributed by atoms with E-state index in [1.807, 2.05) is 49.4 Å². The van der Waals surface area contributed by atoms with Crippen molar-refractivity contribution in [1.82, 2.24) is 4.31 Å². The van der Waals surface area contributed by atoms with E-state index in [1.165, 1.54) is 13.2 Å². The zero-order chi connectivity index (χ0) is 18.3. The fraction of sp³-hybridized carbons (Fsp3) is 0.211. The zero-order valence-corrected chi connectivity index (χ0v) is 15.1. The second-order valence-corrected chi connectivity index (χ2v) is 7.35. The number of hydrogen-bond donors (Lipinski definition) is 0. The van der Waals surface area contributed by atoms with Crippen molar-refractivity contribution in [2.75, 3.05) is 13.7 Å². The minimum atomic E-state index is -3.79. The van der Waals surface area contributed by atoms with Gasteiger partial charge in [0.25, 0.3) is 0 Å². The Kier molecular flexibility index (Phi) is 6.50. The Bertz CT molecular complexity index is 845. The Labute approximate surface area is 148 Å². The summed E-state index contributed by atoms with van der Waals surface area (Å²) in [4.78, 5) is 11.7. The van der Waals surface area contributed by atoms with Crippen molar-refractivity contribution in [2.45, 2.75) is 13.5 Å². The van der Waals surface area contributed by atoms with E-state index in [2.05, 4.69) is 4.74 Å². The molecular weight excluding hydrogens is 338 g/mol. The fourth-order valence-electron chi connectivity index (χ4n) is 2.24. The Morgan fingerprint density at radius 3 is 2.36 bits per heavy atom. The molecule has 0 saturated heterocycles. The molecule has 0 fully saturated rings. The van der Waals surface area contributed by atoms with Gasteiger partial charge in [0.2, 0.25) is 10.0 Å². The van der Waals surface area contributed by atoms with E-state index >= 15 is 0 Å². The summed E-state index contributed by atoms with van der Waals surface area (Å²) >= 11 is 0. The van der Waals surface area contributed by atoms with Crippen LogP contribution in [0.3, 0.4) is 0 Å². The molecule has 0 N–H and O–H groups in total. The van der Waals surface area contributed by atoms with Gasteiger partial charge in [0.1, 0.15) is 6.54 Å². The molecule has 132 valence electrons. The van der Waals surface area contributed by atoms with Crippen molar-refractivity contribution in [3.63, 3.8) is 0 Å². The minimum Gasteiger partial charge on any atom is -0.468 e. The number of esters is 1. The predicted octanol–water partition coefficient (Wildman–Crippen LogP) is 2.97. The molecule has 6 heteroatoms. The van der Waals surface area contributed by atoms with Gasteiger partial charge in [0.15, 0.2) is 0 Å². The zero-order valence-electron chi connectivity index (χ0n) is 14.3. The maximum Gasteiger partial charge on any atom is 0.321 e. The summed E-state index contributed by atoms with van der Waals surface area (Å²) in [6.07, 6.45) is 1.51. The summed E-state index contributed by atoms with van der Waals surface area (Å²) in [5.74, 6) is -0.606. The van der Waals surface area contributed by atoms with E-state index in [-0.39, 0.29) is 13.1 Å². The number of benzene rings is 2. The molecule has 0 aliphatic heterocycles. The Hall–Kier alpha value is -2.44. The summed E-state index contributed by atoms with van der Waals surface area (Å²) in [7, 11) is -2.55. The smallest absolute Gasteiger partial charge is 0.321 e. The fourth-order valence-corrected chi connectivity index (χ4v) is 3.34. The predicted molar refractivity (Wildman–Crippen MR) is 98.0 cm³/mol. The highest BCUT2D eigenvalue weighted by Crippen LogP contribution is 2.15. The number of carbonyl (C=O) groups excluding carboxylic acids is 1. The largest absolute Gasteiger partial charge is 0.468 e. The summed E-state index contributed by atoms with van der Waals surface area (Å²) < 4.78 is 31.2. The van der Waals surface area contributed by atoms with Gasteiger partial charge in [-0.3, -0.25) is 4.79 Å². The van der Waals surface area contributed by atoms with Crippen LogP contribution in [0.1, 0.15) is 16.7 Å². The number of nitrogens with zero attached hydrogens (tertiary/aromatic N) is 1. The molecule has 2 aromatic rings. The lowest BCUT2D eigenvalue weighted by molar-refractivity contribution is -0.140. The molecular formula is C19H21NO4S. The van der Waals surface area contributed by atoms with Gasteiger partial charge in [-0.15, -0.1) is 0 Å². The highest BCUT2D eigenvalue weighted by Gasteiger charge is 2.23. The topological polar surface area (TPSA) is 63.7 Å². The van der Waals surface area contributed by atoms with Crippen LogP contribution >= 0.6 is 0 Å². The van der Waals surface area contributed by atoms with Gasteiger partial charge in [0, 0.05) is 12.0 Å². The lowest BCUT2D eigenvalue weighted by Gasteiger charge is -2.20. The van der Waals surface area contributed by atoms with E-state index in [0.717, 1.165) is 26.4 Å². The second-order valence-electron chi connectivity index (χ2n) is 5.53. The van der Waals surface area contributed by atoms with E-state index in [1.54, 1.807) is 12.1 Å². The molecule has 0 aliphatic rings. The van der Waals surface area contributed by atoms with Gasteiger partial charge in [-0.05, 0) is 29.7 Å². The molecule has 5 nitrogen and oxygen atoms in total. The SMILES string of the molecule is COC(=O)CN(Cc1ccccc1C)S(=O)(=O)/C=C/c1ccccc1. The average molecular weight is 359 g/mol. The summed E-state index contributed by atoms with van der Waals surface area (Å²) in [6.45, 7) is 1.66. The third kappa shape index (κ3) is 5.55. The van der Waals surface area contributed by atoms with E-state index in [0.29, 0.717) is 0 Å². The van der Waals surface area contributed by atoms with Crippen LogP contribution < -0.4 is 0 Å². The number of carbonyl (C=O) groups is 1. The molecule has 0 unspecified atom stereocenters. The van der Waals surface area contributed by atoms with Gasteiger partial charge in [0.05, 0.1) is 7.11 Å². The maximum absolute atomic E-state index is 12.7. The maximum atomic E-state index is 12.7. The quantitative estimate of drug-likeness (QED) is 0.713. The molecule has 25 heavy (non-hydrogen) atoms. The van der Waals surface area contributed by atoms with Crippen molar-refractivity contribution in [1.29, 1.82) is 0 Å². The first-order valence-electron chi connectivity index (χ1n) is 7.77. The average Bonchev–Trinajstić information content (AvgIpc) is 2.62. The van der Waals surface area contributed by atoms with E-state index in [4.69, 9.17) is 0 Å². The number of sulfonamides is 1. The number of hydrogen-bond acceptors (Lipinski definition) is 4. The minimum absolute atomic E-state index is 0.100. The van der Waals surface area contributed by atoms with Crippen LogP contribution in [0.2, 0.25) is 0 Å². The Morgan fingerprint density at radius 2 is 1.72 bits per heavy atom. The molecule has 0 saturated carbocycles. The standard InChI is InChI=1S/C19H21NO4S/c1-16-8-6-7-11-18(16)14-20(15-19(21)24-2)25(22,23)13-12-17-9-4-3-5-10-17/h3-13H,14-15H2,1-2H3/b13-12+. The number of rotatable bonds is 7. The van der Waals surface area contributed by atoms with Crippen LogP contribution in [0, 0.1) is 6.92 Å². The van der Waals surface area contributed by atoms with Crippen LogP contribution in [0.15, 0.2) is 60.0 Å². The molecule has 0 radical (unpaired) electrons. The first-order valence-corrected chi connectivity index (χ1v) is 9.27. The van der Waals surface area contributed by atoms with Gasteiger partial charge >= 0.3 is 5.97 Å². The lowest BCUT2D eigenvalue weighted by atomic mass is 10.1. The molecule has 0 bridgehead atoms. The Morgan fingerprint density at radius 1 is 1.08 bits per heavy atom. The molecule has 2 rings (SSSR count). The summed E-state index contributed by atoms with van der Waals surface area (Å²) in [5.41, 5.74) is 2.56. The third-order valence-electron chi connectivity index (χ3n) is 3.73. The van der Waals surface area contributed by atoms with Crippen LogP contribution in [0.5, 0.6) is 0 Å². The van der Waals surface area contributed by atoms with E-state index in [9.17, 15) is 13.2 Å². The molecule has 2 aromatic carbocycles. The number of methoxy groups -OCH3 is 1. The highest BCUT2D eigenvalue weighted by molar-refractivity contribution is 7.92. The molecule has 0 atom stereocenters. The van der Waals surface area contributed by atoms with Crippen LogP contribution in [0.4, 0.5) is 0 Å². The van der Waals surface area contributed by atoms with Gasteiger partial charge in [-0.25, -0.2) is 8.42 Å². The number of aryl methyl sites for hydroxylation is 1. The molecule has 0 aromatic heterocycles. The number of ether oxygens (including phenoxy) is 1. The first-order chi connectivity index (χ1) is 11.9. The van der Waals surface area contributed by atoms with Crippen molar-refractivity contribution in [3.05, 3.63) is 76.7 Å². The molecule has 0 aliphatic carbocycles. The third-order valence-corrected chi connectivity index (χ3v) is 5.19. The van der Waals surface area contributed by atoms with E-state index < -0.39 is 16.0 Å². The van der Waals surface area contributed by atoms with Crippen LogP contribution in [-0.4, -0.2) is 32.3 Å². The monoisotopic (exact) mass is 359 g/mol. The second kappa shape index (κ2) is 8.60. The Balaban J connectivity index is 2.28. The van der Waals surface area contributed by atoms with Gasteiger partial charge in [-0.1, -0.05) is 54.6 Å².